The van der Waals surface area contributed by atoms with Crippen molar-refractivity contribution in [1.82, 2.24) is 24.3 Å². The molecule has 1 amide bonds. The van der Waals surface area contributed by atoms with Crippen molar-refractivity contribution in [2.24, 2.45) is 5.92 Å². The minimum Gasteiger partial charge on any atom is -0.340 e. The second-order valence-electron chi connectivity index (χ2n) is 11.6. The van der Waals surface area contributed by atoms with Crippen LogP contribution in [0.5, 0.6) is 0 Å². The van der Waals surface area contributed by atoms with E-state index in [1.807, 2.05) is 0 Å². The van der Waals surface area contributed by atoms with Crippen molar-refractivity contribution in [3.05, 3.63) is 102 Å². The second-order valence-corrected chi connectivity index (χ2v) is 11.6. The van der Waals surface area contributed by atoms with Gasteiger partial charge in [-0.1, -0.05) is 72.8 Å². The van der Waals surface area contributed by atoms with E-state index in [4.69, 9.17) is 4.98 Å². The number of amides is 1. The van der Waals surface area contributed by atoms with Crippen LogP contribution in [0.4, 0.5) is 0 Å². The maximum Gasteiger partial charge on any atom is 0.227 e. The van der Waals surface area contributed by atoms with Gasteiger partial charge in [-0.25, -0.2) is 4.98 Å². The molecule has 1 aromatic heterocycles. The Labute approximate surface area is 238 Å². The van der Waals surface area contributed by atoms with E-state index in [1.54, 1.807) is 0 Å². The number of hydrogen-bond acceptors (Lipinski definition) is 4. The molecule has 1 atom stereocenters. The Bertz CT molecular complexity index is 1370. The molecule has 208 valence electrons. The molecule has 0 radical (unpaired) electrons. The fraction of sp³-hybridized carbons (Fsp3) is 0.412. The first kappa shape index (κ1) is 26.7. The fourth-order valence-electron chi connectivity index (χ4n) is 6.73. The Hall–Kier alpha value is -3.48. The van der Waals surface area contributed by atoms with Gasteiger partial charge >= 0.3 is 0 Å². The first-order valence-corrected chi connectivity index (χ1v) is 14.9. The first-order valence-electron chi connectivity index (χ1n) is 14.9. The summed E-state index contributed by atoms with van der Waals surface area (Å²) in [7, 11) is 0. The van der Waals surface area contributed by atoms with Gasteiger partial charge < -0.3 is 9.47 Å². The molecular weight excluding hydrogens is 494 g/mol. The van der Waals surface area contributed by atoms with Crippen molar-refractivity contribution in [2.75, 3.05) is 39.3 Å². The Morgan fingerprint density at radius 3 is 2.10 bits per heavy atom. The van der Waals surface area contributed by atoms with Crippen molar-refractivity contribution in [3.8, 4) is 0 Å². The molecule has 0 bridgehead atoms. The SMILES string of the molecule is CC(C)n1c(CN2CCC[C@@H](C(=O)N3CCN(C(c4ccccc4)c4ccccc4)CC3)C2)nc2ccccc21. The fourth-order valence-corrected chi connectivity index (χ4v) is 6.73. The highest BCUT2D eigenvalue weighted by Gasteiger charge is 2.33. The topological polar surface area (TPSA) is 44.6 Å². The van der Waals surface area contributed by atoms with Gasteiger partial charge in [0.05, 0.1) is 29.5 Å². The Balaban J connectivity index is 1.11. The van der Waals surface area contributed by atoms with E-state index in [0.29, 0.717) is 11.9 Å². The van der Waals surface area contributed by atoms with E-state index in [2.05, 4.69) is 118 Å². The molecule has 0 unspecified atom stereocenters. The molecule has 0 N–H and O–H groups in total. The summed E-state index contributed by atoms with van der Waals surface area (Å²) < 4.78 is 2.36. The third kappa shape index (κ3) is 5.56. The summed E-state index contributed by atoms with van der Waals surface area (Å²) in [5.41, 5.74) is 4.87. The van der Waals surface area contributed by atoms with Crippen LogP contribution in [0.2, 0.25) is 0 Å². The highest BCUT2D eigenvalue weighted by atomic mass is 16.2. The number of fused-ring (bicyclic) bond motifs is 1. The number of hydrogen-bond donors (Lipinski definition) is 0. The Morgan fingerprint density at radius 1 is 0.825 bits per heavy atom. The van der Waals surface area contributed by atoms with Gasteiger partial charge in [-0.15, -0.1) is 0 Å². The maximum absolute atomic E-state index is 13.7. The molecule has 6 rings (SSSR count). The molecule has 3 heterocycles. The zero-order valence-corrected chi connectivity index (χ0v) is 23.8. The highest BCUT2D eigenvalue weighted by Crippen LogP contribution is 2.30. The first-order chi connectivity index (χ1) is 19.6. The van der Waals surface area contributed by atoms with Crippen molar-refractivity contribution in [3.63, 3.8) is 0 Å². The van der Waals surface area contributed by atoms with Gasteiger partial charge in [0.25, 0.3) is 0 Å². The van der Waals surface area contributed by atoms with E-state index in [0.717, 1.165) is 70.0 Å². The summed E-state index contributed by atoms with van der Waals surface area (Å²) in [5.74, 6) is 1.50. The Kier molecular flexibility index (Phi) is 7.98. The van der Waals surface area contributed by atoms with Gasteiger partial charge in [-0.2, -0.15) is 0 Å². The molecule has 2 fully saturated rings. The van der Waals surface area contributed by atoms with E-state index >= 15 is 0 Å². The number of carbonyl (C=O) groups excluding carboxylic acids is 1. The van der Waals surface area contributed by atoms with Crippen molar-refractivity contribution in [2.45, 2.75) is 45.3 Å². The molecule has 6 heteroatoms. The number of piperidine rings is 1. The summed E-state index contributed by atoms with van der Waals surface area (Å²) in [4.78, 5) is 25.8. The van der Waals surface area contributed by atoms with Gasteiger partial charge in [0, 0.05) is 38.8 Å². The van der Waals surface area contributed by atoms with Crippen LogP contribution in [0.25, 0.3) is 11.0 Å². The molecule has 6 nitrogen and oxygen atoms in total. The normalized spacial score (nSPS) is 19.1. The summed E-state index contributed by atoms with van der Waals surface area (Å²) in [6.45, 7) is 10.4. The van der Waals surface area contributed by atoms with E-state index in [1.165, 1.54) is 16.6 Å². The van der Waals surface area contributed by atoms with E-state index in [9.17, 15) is 4.79 Å². The molecule has 2 aliphatic rings. The van der Waals surface area contributed by atoms with Crippen LogP contribution >= 0.6 is 0 Å². The number of para-hydroxylation sites is 2. The summed E-state index contributed by atoms with van der Waals surface area (Å²) in [6, 6.07) is 30.5. The Morgan fingerprint density at radius 2 is 1.45 bits per heavy atom. The summed E-state index contributed by atoms with van der Waals surface area (Å²) in [5, 5.41) is 0. The lowest BCUT2D eigenvalue weighted by molar-refractivity contribution is -0.139. The van der Waals surface area contributed by atoms with Crippen LogP contribution in [-0.4, -0.2) is 69.4 Å². The molecule has 0 spiro atoms. The zero-order valence-electron chi connectivity index (χ0n) is 23.8. The maximum atomic E-state index is 13.7. The van der Waals surface area contributed by atoms with E-state index in [-0.39, 0.29) is 12.0 Å². The summed E-state index contributed by atoms with van der Waals surface area (Å²) in [6.07, 6.45) is 2.04. The molecular formula is C34H41N5O. The number of imidazole rings is 1. The summed E-state index contributed by atoms with van der Waals surface area (Å²) >= 11 is 0. The predicted molar refractivity (Wildman–Crippen MR) is 161 cm³/mol. The van der Waals surface area contributed by atoms with Crippen molar-refractivity contribution >= 4 is 16.9 Å². The number of nitrogens with zero attached hydrogens (tertiary/aromatic N) is 5. The van der Waals surface area contributed by atoms with Crippen LogP contribution in [-0.2, 0) is 11.3 Å². The molecule has 40 heavy (non-hydrogen) atoms. The quantitative estimate of drug-likeness (QED) is 0.302. The monoisotopic (exact) mass is 535 g/mol. The largest absolute Gasteiger partial charge is 0.340 e. The highest BCUT2D eigenvalue weighted by molar-refractivity contribution is 5.79. The van der Waals surface area contributed by atoms with Crippen LogP contribution in [0, 0.1) is 5.92 Å². The lowest BCUT2D eigenvalue weighted by Gasteiger charge is -2.42. The molecule has 0 saturated carbocycles. The van der Waals surface area contributed by atoms with Gasteiger partial charge in [-0.05, 0) is 56.5 Å². The lowest BCUT2D eigenvalue weighted by atomic mass is 9.95. The number of rotatable bonds is 7. The number of likely N-dealkylation sites (tertiary alicyclic amines) is 1. The smallest absolute Gasteiger partial charge is 0.227 e. The van der Waals surface area contributed by atoms with Gasteiger partial charge in [0.1, 0.15) is 5.82 Å². The lowest BCUT2D eigenvalue weighted by Crippen LogP contribution is -2.53. The minimum atomic E-state index is 0.0659. The van der Waals surface area contributed by atoms with Crippen LogP contribution < -0.4 is 0 Å². The van der Waals surface area contributed by atoms with Gasteiger partial charge in [0.15, 0.2) is 0 Å². The minimum absolute atomic E-state index is 0.0659. The average Bonchev–Trinajstić information content (AvgIpc) is 3.37. The predicted octanol–water partition coefficient (Wildman–Crippen LogP) is 5.76. The van der Waals surface area contributed by atoms with Crippen molar-refractivity contribution in [1.29, 1.82) is 0 Å². The second kappa shape index (κ2) is 11.9. The third-order valence-electron chi connectivity index (χ3n) is 8.63. The molecule has 2 saturated heterocycles. The molecule has 3 aromatic carbocycles. The molecule has 2 aliphatic heterocycles. The van der Waals surface area contributed by atoms with Crippen LogP contribution in [0.1, 0.15) is 55.7 Å². The number of carbonyl (C=O) groups is 1. The van der Waals surface area contributed by atoms with Gasteiger partial charge in [0.2, 0.25) is 5.91 Å². The number of benzene rings is 3. The van der Waals surface area contributed by atoms with Gasteiger partial charge in [-0.3, -0.25) is 14.6 Å². The standard InChI is InChI=1S/C34H41N5O/c1-26(2)39-31-18-10-9-17-30(31)35-32(39)25-36-19-11-16-29(24-36)34(40)38-22-20-37(21-23-38)33(27-12-5-3-6-13-27)28-14-7-4-8-15-28/h3-10,12-15,17-18,26,29,33H,11,16,19-25H2,1-2H3/t29-/m1/s1. The van der Waals surface area contributed by atoms with Crippen molar-refractivity contribution < 1.29 is 4.79 Å². The third-order valence-corrected chi connectivity index (χ3v) is 8.63. The zero-order chi connectivity index (χ0) is 27.5. The average molecular weight is 536 g/mol. The van der Waals surface area contributed by atoms with Crippen LogP contribution in [0.3, 0.4) is 0 Å². The van der Waals surface area contributed by atoms with Crippen LogP contribution in [0.15, 0.2) is 84.9 Å². The molecule has 4 aromatic rings. The van der Waals surface area contributed by atoms with E-state index < -0.39 is 0 Å². The number of aromatic nitrogens is 2. The molecule has 0 aliphatic carbocycles. The number of piperazine rings is 1.